The van der Waals surface area contributed by atoms with Crippen molar-refractivity contribution in [3.05, 3.63) is 60.3 Å². The number of oxazole rings is 1. The average molecular weight is 438 g/mol. The molecule has 0 N–H and O–H groups in total. The minimum atomic E-state index is -3.51. The lowest BCUT2D eigenvalue weighted by molar-refractivity contribution is 0.520. The highest BCUT2D eigenvalue weighted by atomic mass is 32.2. The number of piperazine rings is 1. The molecule has 0 saturated carbocycles. The number of hydrogen-bond acceptors (Lipinski definition) is 7. The van der Waals surface area contributed by atoms with Crippen molar-refractivity contribution in [1.82, 2.24) is 9.29 Å². The highest BCUT2D eigenvalue weighted by Crippen LogP contribution is 2.30. The molecule has 1 aromatic heterocycles. The Labute approximate surface area is 182 Å². The fourth-order valence-corrected chi connectivity index (χ4v) is 4.41. The number of nitrogens with zero attached hydrogens (tertiary/aromatic N) is 5. The third kappa shape index (κ3) is 4.13. The largest absolute Gasteiger partial charge is 0.419 e. The topological polar surface area (TPSA) is 93.7 Å². The van der Waals surface area contributed by atoms with Crippen LogP contribution in [-0.2, 0) is 10.0 Å². The number of anilines is 2. The molecule has 160 valence electrons. The molecule has 9 heteroatoms. The van der Waals surface area contributed by atoms with Crippen LogP contribution >= 0.6 is 0 Å². The zero-order valence-corrected chi connectivity index (χ0v) is 18.2. The number of aromatic nitrogens is 1. The van der Waals surface area contributed by atoms with Gasteiger partial charge in [0.15, 0.2) is 0 Å². The molecule has 1 saturated heterocycles. The molecule has 0 aliphatic carbocycles. The molecular formula is C22H23N5O3S. The Morgan fingerprint density at radius 2 is 1.58 bits per heavy atom. The monoisotopic (exact) mass is 437 g/mol. The van der Waals surface area contributed by atoms with E-state index >= 15 is 0 Å². The minimum absolute atomic E-state index is 0.186. The van der Waals surface area contributed by atoms with Gasteiger partial charge in [-0.1, -0.05) is 18.2 Å². The van der Waals surface area contributed by atoms with Crippen LogP contribution < -0.4 is 9.80 Å². The Balaban J connectivity index is 1.53. The molecule has 31 heavy (non-hydrogen) atoms. The molecule has 8 nitrogen and oxygen atoms in total. The van der Waals surface area contributed by atoms with Crippen LogP contribution in [0.15, 0.2) is 63.9 Å². The second-order valence-corrected chi connectivity index (χ2v) is 9.56. The summed E-state index contributed by atoms with van der Waals surface area (Å²) in [5, 5.41) is 9.56. The summed E-state index contributed by atoms with van der Waals surface area (Å²) in [6.45, 7) is 3.03. The molecule has 0 radical (unpaired) electrons. The summed E-state index contributed by atoms with van der Waals surface area (Å²) in [6, 6.07) is 18.6. The van der Waals surface area contributed by atoms with Gasteiger partial charge >= 0.3 is 0 Å². The van der Waals surface area contributed by atoms with Crippen molar-refractivity contribution < 1.29 is 12.8 Å². The van der Waals surface area contributed by atoms with Crippen LogP contribution in [0.1, 0.15) is 5.69 Å². The van der Waals surface area contributed by atoms with Gasteiger partial charge in [-0.15, -0.1) is 0 Å². The summed E-state index contributed by atoms with van der Waals surface area (Å²) in [6.07, 6.45) is 0. The first-order valence-corrected chi connectivity index (χ1v) is 11.3. The summed E-state index contributed by atoms with van der Waals surface area (Å²) in [5.74, 6) is 0.751. The van der Waals surface area contributed by atoms with Gasteiger partial charge in [-0.3, -0.25) is 0 Å². The lowest BCUT2D eigenvalue weighted by Gasteiger charge is -2.35. The van der Waals surface area contributed by atoms with Gasteiger partial charge in [0.05, 0.1) is 4.90 Å². The molecule has 0 atom stereocenters. The van der Waals surface area contributed by atoms with Gasteiger partial charge < -0.3 is 14.2 Å². The molecule has 3 aromatic rings. The van der Waals surface area contributed by atoms with Crippen molar-refractivity contribution in [3.63, 3.8) is 0 Å². The SMILES string of the molecule is CN(C)S(=O)(=O)c1ccc(-c2nc(C#N)c(N3CCN(c4ccccc4)CC3)o2)cc1. The maximum atomic E-state index is 12.3. The first-order valence-electron chi connectivity index (χ1n) is 9.89. The quantitative estimate of drug-likeness (QED) is 0.606. The number of benzene rings is 2. The van der Waals surface area contributed by atoms with Crippen LogP contribution in [0.2, 0.25) is 0 Å². The molecule has 0 amide bonds. The van der Waals surface area contributed by atoms with E-state index in [2.05, 4.69) is 28.1 Å². The predicted octanol–water partition coefficient (Wildman–Crippen LogP) is 2.79. The number of hydrogen-bond donors (Lipinski definition) is 0. The lowest BCUT2D eigenvalue weighted by Crippen LogP contribution is -2.46. The van der Waals surface area contributed by atoms with E-state index in [1.165, 1.54) is 31.9 Å². The molecule has 0 bridgehead atoms. The maximum absolute atomic E-state index is 12.3. The third-order valence-corrected chi connectivity index (χ3v) is 7.11. The van der Waals surface area contributed by atoms with Gasteiger partial charge in [0.1, 0.15) is 6.07 Å². The van der Waals surface area contributed by atoms with Gasteiger partial charge in [-0.2, -0.15) is 10.2 Å². The van der Waals surface area contributed by atoms with E-state index in [9.17, 15) is 13.7 Å². The summed E-state index contributed by atoms with van der Waals surface area (Å²) >= 11 is 0. The van der Waals surface area contributed by atoms with Crippen LogP contribution in [0.5, 0.6) is 0 Å². The molecule has 0 unspecified atom stereocenters. The average Bonchev–Trinajstić information content (AvgIpc) is 3.24. The first-order chi connectivity index (χ1) is 14.9. The number of para-hydroxylation sites is 1. The van der Waals surface area contributed by atoms with Crippen molar-refractivity contribution in [2.24, 2.45) is 0 Å². The highest BCUT2D eigenvalue weighted by molar-refractivity contribution is 7.89. The molecule has 1 fully saturated rings. The molecule has 2 aromatic carbocycles. The van der Waals surface area contributed by atoms with Crippen LogP contribution in [0.25, 0.3) is 11.5 Å². The van der Waals surface area contributed by atoms with E-state index in [0.29, 0.717) is 30.4 Å². The maximum Gasteiger partial charge on any atom is 0.242 e. The van der Waals surface area contributed by atoms with Crippen molar-refractivity contribution in [3.8, 4) is 17.5 Å². The van der Waals surface area contributed by atoms with Gasteiger partial charge in [0.2, 0.25) is 27.5 Å². The normalized spacial score (nSPS) is 14.6. The van der Waals surface area contributed by atoms with E-state index in [4.69, 9.17) is 4.42 Å². The molecule has 1 aliphatic heterocycles. The van der Waals surface area contributed by atoms with Crippen molar-refractivity contribution in [2.75, 3.05) is 50.1 Å². The molecule has 1 aliphatic rings. The number of sulfonamides is 1. The molecule has 0 spiro atoms. The van der Waals surface area contributed by atoms with Crippen molar-refractivity contribution in [1.29, 1.82) is 5.26 Å². The highest BCUT2D eigenvalue weighted by Gasteiger charge is 2.25. The van der Waals surface area contributed by atoms with Gasteiger partial charge in [-0.25, -0.2) is 12.7 Å². The van der Waals surface area contributed by atoms with E-state index in [-0.39, 0.29) is 10.6 Å². The summed E-state index contributed by atoms with van der Waals surface area (Å²) in [5.41, 5.74) is 2.02. The zero-order valence-electron chi connectivity index (χ0n) is 17.4. The molecule has 4 rings (SSSR count). The Hall–Kier alpha value is -3.35. The zero-order chi connectivity index (χ0) is 22.0. The summed E-state index contributed by atoms with van der Waals surface area (Å²) in [7, 11) is -0.539. The van der Waals surface area contributed by atoms with Gasteiger partial charge in [0, 0.05) is 51.5 Å². The molecule has 2 heterocycles. The van der Waals surface area contributed by atoms with Crippen LogP contribution in [0.4, 0.5) is 11.6 Å². The van der Waals surface area contributed by atoms with Crippen molar-refractivity contribution >= 4 is 21.6 Å². The Morgan fingerprint density at radius 3 is 2.16 bits per heavy atom. The second-order valence-electron chi connectivity index (χ2n) is 7.41. The lowest BCUT2D eigenvalue weighted by atomic mass is 10.2. The predicted molar refractivity (Wildman–Crippen MR) is 118 cm³/mol. The Morgan fingerprint density at radius 1 is 0.968 bits per heavy atom. The third-order valence-electron chi connectivity index (χ3n) is 5.28. The standard InChI is InChI=1S/C22H23N5O3S/c1-25(2)31(28,29)19-10-8-17(9-11-19)21-24-20(16-23)22(30-21)27-14-12-26(13-15-27)18-6-4-3-5-7-18/h3-11H,12-15H2,1-2H3. The number of rotatable bonds is 5. The van der Waals surface area contributed by atoms with Crippen LogP contribution in [0, 0.1) is 11.3 Å². The molecular weight excluding hydrogens is 414 g/mol. The summed E-state index contributed by atoms with van der Waals surface area (Å²) < 4.78 is 31.6. The van der Waals surface area contributed by atoms with E-state index in [1.54, 1.807) is 12.1 Å². The van der Waals surface area contributed by atoms with E-state index in [1.807, 2.05) is 23.1 Å². The smallest absolute Gasteiger partial charge is 0.242 e. The fraction of sp³-hybridized carbons (Fsp3) is 0.273. The fourth-order valence-electron chi connectivity index (χ4n) is 3.51. The van der Waals surface area contributed by atoms with Gasteiger partial charge in [-0.05, 0) is 36.4 Å². The van der Waals surface area contributed by atoms with E-state index < -0.39 is 10.0 Å². The summed E-state index contributed by atoms with van der Waals surface area (Å²) in [4.78, 5) is 8.84. The van der Waals surface area contributed by atoms with Gasteiger partial charge in [0.25, 0.3) is 0 Å². The Bertz CT molecular complexity index is 1190. The first kappa shape index (κ1) is 20.9. The van der Waals surface area contributed by atoms with E-state index in [0.717, 1.165) is 17.4 Å². The number of nitriles is 1. The second kappa shape index (κ2) is 8.41. The van der Waals surface area contributed by atoms with Crippen molar-refractivity contribution in [2.45, 2.75) is 4.90 Å². The Kier molecular flexibility index (Phi) is 5.67. The van der Waals surface area contributed by atoms with Crippen LogP contribution in [-0.4, -0.2) is 58.0 Å². The van der Waals surface area contributed by atoms with Crippen LogP contribution in [0.3, 0.4) is 0 Å². The minimum Gasteiger partial charge on any atom is -0.419 e.